The van der Waals surface area contributed by atoms with Crippen LogP contribution in [0.5, 0.6) is 0 Å². The quantitative estimate of drug-likeness (QED) is 0.399. The molecule has 0 aromatic carbocycles. The maximum Gasteiger partial charge on any atom is 0.0404 e. The molecule has 1 atom stereocenters. The Morgan fingerprint density at radius 3 is 1.61 bits per heavy atom. The molecule has 1 aliphatic rings. The Hall–Kier alpha value is -0.0831. The van der Waals surface area contributed by atoms with Gasteiger partial charge in [0.15, 0.2) is 0 Å². The van der Waals surface area contributed by atoms with Crippen molar-refractivity contribution in [1.82, 2.24) is 4.90 Å². The summed E-state index contributed by atoms with van der Waals surface area (Å²) in [7, 11) is -0.542. The molecule has 23 heavy (non-hydrogen) atoms. The highest BCUT2D eigenvalue weighted by molar-refractivity contribution is 6.59. The lowest BCUT2D eigenvalue weighted by molar-refractivity contribution is 0.223. The van der Waals surface area contributed by atoms with E-state index in [1.165, 1.54) is 101 Å². The fraction of sp³-hybridized carbons (Fsp3) is 0.905. The third kappa shape index (κ3) is 9.10. The van der Waals surface area contributed by atoms with Crippen LogP contribution in [0.1, 0.15) is 85.0 Å². The van der Waals surface area contributed by atoms with Crippen LogP contribution >= 0.6 is 0 Å². The molecule has 2 heteroatoms. The lowest BCUT2D eigenvalue weighted by atomic mass is 10.1. The van der Waals surface area contributed by atoms with Crippen LogP contribution in [0.4, 0.5) is 0 Å². The molecule has 0 amide bonds. The van der Waals surface area contributed by atoms with Gasteiger partial charge in [-0.25, -0.2) is 0 Å². The molecule has 0 spiro atoms. The Morgan fingerprint density at radius 2 is 1.22 bits per heavy atom. The standard InChI is InChI=1S/C21H43NSi/c1-5-23(6-2)19-20(3)21(4)22-17-15-13-11-9-7-8-10-12-14-16-18-22/h21,23H,3,5-19H2,1-2,4H3. The van der Waals surface area contributed by atoms with Crippen molar-refractivity contribution in [1.29, 1.82) is 0 Å². The fourth-order valence-electron chi connectivity index (χ4n) is 3.92. The third-order valence-corrected chi connectivity index (χ3v) is 9.40. The fourth-order valence-corrected chi connectivity index (χ4v) is 6.16. The molecule has 136 valence electrons. The Morgan fingerprint density at radius 1 is 0.826 bits per heavy atom. The van der Waals surface area contributed by atoms with E-state index < -0.39 is 8.80 Å². The first-order valence-electron chi connectivity index (χ1n) is 10.6. The number of hydrogen-bond acceptors (Lipinski definition) is 1. The summed E-state index contributed by atoms with van der Waals surface area (Å²) < 4.78 is 0. The summed E-state index contributed by atoms with van der Waals surface area (Å²) in [6.07, 6.45) is 14.4. The molecule has 1 rings (SSSR count). The molecule has 0 saturated carbocycles. The minimum absolute atomic E-state index is 0.542. The van der Waals surface area contributed by atoms with E-state index in [2.05, 4.69) is 32.3 Å². The molecule has 0 aliphatic carbocycles. The molecule has 1 aliphatic heterocycles. The van der Waals surface area contributed by atoms with E-state index in [1.807, 2.05) is 0 Å². The minimum atomic E-state index is -0.542. The topological polar surface area (TPSA) is 3.24 Å². The zero-order chi connectivity index (χ0) is 16.9. The van der Waals surface area contributed by atoms with Crippen molar-refractivity contribution in [2.45, 2.75) is 109 Å². The van der Waals surface area contributed by atoms with E-state index >= 15 is 0 Å². The van der Waals surface area contributed by atoms with Gasteiger partial charge in [0.1, 0.15) is 0 Å². The van der Waals surface area contributed by atoms with E-state index in [0.29, 0.717) is 6.04 Å². The molecular weight excluding hydrogens is 294 g/mol. The Bertz CT molecular complexity index is 284. The van der Waals surface area contributed by atoms with Crippen molar-refractivity contribution in [3.8, 4) is 0 Å². The van der Waals surface area contributed by atoms with Gasteiger partial charge in [0.2, 0.25) is 0 Å². The van der Waals surface area contributed by atoms with E-state index in [-0.39, 0.29) is 0 Å². The molecule has 0 radical (unpaired) electrons. The molecule has 0 aromatic heterocycles. The molecule has 0 N–H and O–H groups in total. The van der Waals surface area contributed by atoms with E-state index in [0.717, 1.165) is 0 Å². The summed E-state index contributed by atoms with van der Waals surface area (Å²) in [5.41, 5.74) is 1.54. The van der Waals surface area contributed by atoms with Crippen LogP contribution in [-0.4, -0.2) is 32.8 Å². The van der Waals surface area contributed by atoms with Crippen molar-refractivity contribution in [2.75, 3.05) is 13.1 Å². The van der Waals surface area contributed by atoms with Crippen LogP contribution in [0.3, 0.4) is 0 Å². The number of nitrogens with zero attached hydrogens (tertiary/aromatic N) is 1. The highest BCUT2D eigenvalue weighted by Crippen LogP contribution is 2.21. The highest BCUT2D eigenvalue weighted by Gasteiger charge is 2.18. The van der Waals surface area contributed by atoms with Crippen LogP contribution in [0.25, 0.3) is 0 Å². The van der Waals surface area contributed by atoms with Crippen LogP contribution < -0.4 is 0 Å². The lowest BCUT2D eigenvalue weighted by Crippen LogP contribution is -2.36. The molecule has 0 aromatic rings. The summed E-state index contributed by atoms with van der Waals surface area (Å²) in [5, 5.41) is 0. The van der Waals surface area contributed by atoms with Gasteiger partial charge in [-0.05, 0) is 38.9 Å². The Kier molecular flexibility index (Phi) is 12.1. The van der Waals surface area contributed by atoms with Crippen LogP contribution in [0.2, 0.25) is 18.1 Å². The third-order valence-electron chi connectivity index (χ3n) is 5.98. The lowest BCUT2D eigenvalue weighted by Gasteiger charge is -2.32. The average molecular weight is 338 g/mol. The normalized spacial score (nSPS) is 21.2. The molecule has 1 unspecified atom stereocenters. The maximum absolute atomic E-state index is 4.50. The second kappa shape index (κ2) is 13.2. The van der Waals surface area contributed by atoms with Gasteiger partial charge in [-0.3, -0.25) is 4.90 Å². The number of rotatable bonds is 6. The maximum atomic E-state index is 4.50. The van der Waals surface area contributed by atoms with Crippen LogP contribution in [0, 0.1) is 0 Å². The monoisotopic (exact) mass is 337 g/mol. The van der Waals surface area contributed by atoms with Crippen LogP contribution in [0.15, 0.2) is 12.2 Å². The van der Waals surface area contributed by atoms with Gasteiger partial charge in [0.05, 0.1) is 0 Å². The zero-order valence-corrected chi connectivity index (χ0v) is 17.6. The average Bonchev–Trinajstić information content (AvgIpc) is 2.59. The second-order valence-electron chi connectivity index (χ2n) is 7.79. The molecule has 1 nitrogen and oxygen atoms in total. The van der Waals surface area contributed by atoms with Gasteiger partial charge in [-0.15, -0.1) is 0 Å². The molecule has 1 fully saturated rings. The van der Waals surface area contributed by atoms with Gasteiger partial charge in [0, 0.05) is 14.8 Å². The van der Waals surface area contributed by atoms with E-state index in [4.69, 9.17) is 0 Å². The van der Waals surface area contributed by atoms with Gasteiger partial charge in [0.25, 0.3) is 0 Å². The summed E-state index contributed by atoms with van der Waals surface area (Å²) in [6, 6.07) is 4.84. The molecular formula is C21H43NSi. The second-order valence-corrected chi connectivity index (χ2v) is 11.6. The highest BCUT2D eigenvalue weighted by atomic mass is 28.3. The first kappa shape index (κ1) is 21.0. The SMILES string of the molecule is C=C(C[SiH](CC)CC)C(C)N1CCCCCCCCCCCC1. The first-order valence-corrected chi connectivity index (χ1v) is 13.1. The minimum Gasteiger partial charge on any atom is -0.297 e. The van der Waals surface area contributed by atoms with Gasteiger partial charge in [-0.1, -0.05) is 89.5 Å². The van der Waals surface area contributed by atoms with Gasteiger partial charge >= 0.3 is 0 Å². The zero-order valence-electron chi connectivity index (χ0n) is 16.4. The largest absolute Gasteiger partial charge is 0.297 e. The van der Waals surface area contributed by atoms with E-state index in [9.17, 15) is 0 Å². The van der Waals surface area contributed by atoms with Gasteiger partial charge < -0.3 is 0 Å². The number of hydrogen-bond donors (Lipinski definition) is 0. The van der Waals surface area contributed by atoms with Crippen molar-refractivity contribution >= 4 is 8.80 Å². The predicted molar refractivity (Wildman–Crippen MR) is 109 cm³/mol. The summed E-state index contributed by atoms with van der Waals surface area (Å²) in [5.74, 6) is 0. The van der Waals surface area contributed by atoms with Crippen molar-refractivity contribution in [3.63, 3.8) is 0 Å². The van der Waals surface area contributed by atoms with Crippen molar-refractivity contribution in [3.05, 3.63) is 12.2 Å². The predicted octanol–water partition coefficient (Wildman–Crippen LogP) is 6.41. The summed E-state index contributed by atoms with van der Waals surface area (Å²) >= 11 is 0. The smallest absolute Gasteiger partial charge is 0.0404 e. The van der Waals surface area contributed by atoms with Gasteiger partial charge in [-0.2, -0.15) is 0 Å². The Balaban J connectivity index is 2.50. The van der Waals surface area contributed by atoms with E-state index in [1.54, 1.807) is 0 Å². The Labute approximate surface area is 148 Å². The summed E-state index contributed by atoms with van der Waals surface area (Å²) in [4.78, 5) is 2.76. The van der Waals surface area contributed by atoms with Crippen molar-refractivity contribution < 1.29 is 0 Å². The van der Waals surface area contributed by atoms with Crippen molar-refractivity contribution in [2.24, 2.45) is 0 Å². The molecule has 1 heterocycles. The van der Waals surface area contributed by atoms with Crippen LogP contribution in [-0.2, 0) is 0 Å². The molecule has 1 saturated heterocycles. The summed E-state index contributed by atoms with van der Waals surface area (Å²) in [6.45, 7) is 14.3. The first-order chi connectivity index (χ1) is 11.2. The molecule has 0 bridgehead atoms.